The van der Waals surface area contributed by atoms with Crippen LogP contribution in [-0.2, 0) is 4.79 Å². The van der Waals surface area contributed by atoms with Gasteiger partial charge in [-0.25, -0.2) is 0 Å². The molecule has 3 rings (SSSR count). The number of rotatable bonds is 2. The minimum atomic E-state index is -0.248. The van der Waals surface area contributed by atoms with E-state index in [1.165, 1.54) is 12.8 Å². The highest BCUT2D eigenvalue weighted by molar-refractivity contribution is 5.82. The van der Waals surface area contributed by atoms with E-state index in [1.54, 1.807) is 4.90 Å². The van der Waals surface area contributed by atoms with Gasteiger partial charge in [0.25, 0.3) is 0 Å². The first kappa shape index (κ1) is 7.80. The van der Waals surface area contributed by atoms with Crippen molar-refractivity contribution >= 4 is 5.91 Å². The smallest absolute Gasteiger partial charge is 0.226 e. The molecule has 3 heteroatoms. The number of likely N-dealkylation sites (tertiary alicyclic amines) is 1. The molecule has 2 atom stereocenters. The van der Waals surface area contributed by atoms with Crippen molar-refractivity contribution in [2.24, 2.45) is 17.8 Å². The molecule has 1 N–H and O–H groups in total. The summed E-state index contributed by atoms with van der Waals surface area (Å²) in [5.41, 5.74) is 0. The molecular formula is C10H15NO2. The van der Waals surface area contributed by atoms with E-state index < -0.39 is 0 Å². The number of hydrogen-bond donors (Lipinski definition) is 1. The maximum absolute atomic E-state index is 11.7. The van der Waals surface area contributed by atoms with Crippen LogP contribution in [0.25, 0.3) is 0 Å². The Labute approximate surface area is 77.7 Å². The fraction of sp³-hybridized carbons (Fsp3) is 0.900. The molecule has 2 saturated carbocycles. The molecule has 1 amide bonds. The van der Waals surface area contributed by atoms with Gasteiger partial charge in [0, 0.05) is 19.0 Å². The van der Waals surface area contributed by atoms with Gasteiger partial charge in [0.15, 0.2) is 0 Å². The lowest BCUT2D eigenvalue weighted by Gasteiger charge is -2.36. The van der Waals surface area contributed by atoms with E-state index in [-0.39, 0.29) is 6.10 Å². The molecule has 0 radical (unpaired) electrons. The molecule has 3 fully saturated rings. The molecule has 0 spiro atoms. The normalized spacial score (nSPS) is 38.7. The Balaban J connectivity index is 1.53. The monoisotopic (exact) mass is 181 g/mol. The lowest BCUT2D eigenvalue weighted by atomic mass is 10.1. The predicted molar refractivity (Wildman–Crippen MR) is 46.9 cm³/mol. The second-order valence-electron chi connectivity index (χ2n) is 4.74. The van der Waals surface area contributed by atoms with Crippen LogP contribution in [0.5, 0.6) is 0 Å². The van der Waals surface area contributed by atoms with Crippen LogP contribution in [0, 0.1) is 17.8 Å². The summed E-state index contributed by atoms with van der Waals surface area (Å²) < 4.78 is 0. The second-order valence-corrected chi connectivity index (χ2v) is 4.74. The van der Waals surface area contributed by atoms with Crippen molar-refractivity contribution in [2.75, 3.05) is 13.1 Å². The summed E-state index contributed by atoms with van der Waals surface area (Å²) in [7, 11) is 0. The van der Waals surface area contributed by atoms with Crippen LogP contribution >= 0.6 is 0 Å². The van der Waals surface area contributed by atoms with Crippen molar-refractivity contribution in [1.29, 1.82) is 0 Å². The fourth-order valence-electron chi connectivity index (χ4n) is 2.41. The van der Waals surface area contributed by atoms with E-state index in [9.17, 15) is 4.79 Å². The minimum absolute atomic E-state index is 0.248. The van der Waals surface area contributed by atoms with E-state index in [0.29, 0.717) is 30.8 Å². The van der Waals surface area contributed by atoms with Crippen LogP contribution in [0.2, 0.25) is 0 Å². The topological polar surface area (TPSA) is 40.5 Å². The van der Waals surface area contributed by atoms with Gasteiger partial charge in [-0.2, -0.15) is 0 Å². The average Bonchev–Trinajstić information content (AvgIpc) is 2.79. The first-order chi connectivity index (χ1) is 6.25. The number of carbonyl (C=O) groups is 1. The lowest BCUT2D eigenvalue weighted by Crippen LogP contribution is -2.54. The zero-order chi connectivity index (χ0) is 9.00. The summed E-state index contributed by atoms with van der Waals surface area (Å²) >= 11 is 0. The number of hydrogen-bond acceptors (Lipinski definition) is 2. The summed E-state index contributed by atoms with van der Waals surface area (Å²) in [6.07, 6.45) is 3.56. The maximum atomic E-state index is 11.7. The Morgan fingerprint density at radius 3 is 2.54 bits per heavy atom. The number of β-amino-alcohol motifs (C(OH)–C–C–N with tert-alkyl or cyclic N) is 1. The number of amides is 1. The minimum Gasteiger partial charge on any atom is -0.389 e. The second kappa shape index (κ2) is 2.47. The van der Waals surface area contributed by atoms with Crippen LogP contribution in [0.15, 0.2) is 0 Å². The molecule has 0 aromatic carbocycles. The highest BCUT2D eigenvalue weighted by atomic mass is 16.3. The summed E-state index contributed by atoms with van der Waals surface area (Å²) in [5.74, 6) is 2.23. The van der Waals surface area contributed by atoms with E-state index in [0.717, 1.165) is 12.3 Å². The van der Waals surface area contributed by atoms with Gasteiger partial charge in [-0.1, -0.05) is 0 Å². The first-order valence-corrected chi connectivity index (χ1v) is 5.22. The van der Waals surface area contributed by atoms with E-state index in [1.807, 2.05) is 0 Å². The third-order valence-corrected chi connectivity index (χ3v) is 3.56. The highest BCUT2D eigenvalue weighted by Crippen LogP contribution is 2.55. The number of aliphatic hydroxyl groups excluding tert-OH is 1. The quantitative estimate of drug-likeness (QED) is 0.662. The van der Waals surface area contributed by atoms with Gasteiger partial charge in [-0.3, -0.25) is 4.79 Å². The van der Waals surface area contributed by atoms with Gasteiger partial charge in [0.1, 0.15) is 0 Å². The molecule has 0 bridgehead atoms. The van der Waals surface area contributed by atoms with Gasteiger partial charge in [0.2, 0.25) is 5.91 Å². The van der Waals surface area contributed by atoms with Crippen molar-refractivity contribution < 1.29 is 9.90 Å². The van der Waals surface area contributed by atoms with Crippen LogP contribution in [0.3, 0.4) is 0 Å². The third-order valence-electron chi connectivity index (χ3n) is 3.56. The predicted octanol–water partition coefficient (Wildman–Crippen LogP) is 0.236. The van der Waals surface area contributed by atoms with Crippen LogP contribution in [-0.4, -0.2) is 35.1 Å². The summed E-state index contributed by atoms with van der Waals surface area (Å²) in [6, 6.07) is 0. The number of carbonyl (C=O) groups excluding carboxylic acids is 1. The van der Waals surface area contributed by atoms with Crippen molar-refractivity contribution in [1.82, 2.24) is 4.90 Å². The Kier molecular flexibility index (Phi) is 1.48. The Morgan fingerprint density at radius 1 is 1.31 bits per heavy atom. The van der Waals surface area contributed by atoms with E-state index in [4.69, 9.17) is 5.11 Å². The van der Waals surface area contributed by atoms with E-state index >= 15 is 0 Å². The van der Waals surface area contributed by atoms with Gasteiger partial charge in [0.05, 0.1) is 6.10 Å². The number of aliphatic hydroxyl groups is 1. The SMILES string of the molecule is O=C(C1CC1C1CC1)N1CC(O)C1. The van der Waals surface area contributed by atoms with Gasteiger partial charge in [-0.05, 0) is 31.1 Å². The fourth-order valence-corrected chi connectivity index (χ4v) is 2.41. The van der Waals surface area contributed by atoms with Crippen LogP contribution in [0.1, 0.15) is 19.3 Å². The molecule has 13 heavy (non-hydrogen) atoms. The molecule has 3 nitrogen and oxygen atoms in total. The Morgan fingerprint density at radius 2 is 2.00 bits per heavy atom. The van der Waals surface area contributed by atoms with Crippen LogP contribution in [0.4, 0.5) is 0 Å². The zero-order valence-corrected chi connectivity index (χ0v) is 7.65. The van der Waals surface area contributed by atoms with Crippen molar-refractivity contribution in [2.45, 2.75) is 25.4 Å². The first-order valence-electron chi connectivity index (χ1n) is 5.22. The van der Waals surface area contributed by atoms with Gasteiger partial charge >= 0.3 is 0 Å². The Hall–Kier alpha value is -0.570. The average molecular weight is 181 g/mol. The van der Waals surface area contributed by atoms with Crippen molar-refractivity contribution in [3.63, 3.8) is 0 Å². The molecule has 2 unspecified atom stereocenters. The molecule has 0 aromatic rings. The molecular weight excluding hydrogens is 166 g/mol. The van der Waals surface area contributed by atoms with Crippen molar-refractivity contribution in [3.8, 4) is 0 Å². The van der Waals surface area contributed by atoms with Gasteiger partial charge < -0.3 is 10.0 Å². The molecule has 0 aromatic heterocycles. The highest BCUT2D eigenvalue weighted by Gasteiger charge is 2.53. The molecule has 2 aliphatic carbocycles. The zero-order valence-electron chi connectivity index (χ0n) is 7.65. The molecule has 72 valence electrons. The lowest BCUT2D eigenvalue weighted by molar-refractivity contribution is -0.143. The van der Waals surface area contributed by atoms with Crippen molar-refractivity contribution in [3.05, 3.63) is 0 Å². The Bertz CT molecular complexity index is 243. The van der Waals surface area contributed by atoms with Gasteiger partial charge in [-0.15, -0.1) is 0 Å². The molecule has 1 aliphatic heterocycles. The van der Waals surface area contributed by atoms with E-state index in [2.05, 4.69) is 0 Å². The molecule has 3 aliphatic rings. The third kappa shape index (κ3) is 1.26. The number of nitrogens with zero attached hydrogens (tertiary/aromatic N) is 1. The molecule has 1 heterocycles. The molecule has 1 saturated heterocycles. The summed E-state index contributed by atoms with van der Waals surface area (Å²) in [6.45, 7) is 1.15. The summed E-state index contributed by atoms with van der Waals surface area (Å²) in [5, 5.41) is 9.06. The summed E-state index contributed by atoms with van der Waals surface area (Å²) in [4.78, 5) is 13.5. The standard InChI is InChI=1S/C10H15NO2/c12-7-4-11(5-7)10(13)9-3-8(9)6-1-2-6/h6-9,12H,1-5H2. The van der Waals surface area contributed by atoms with Crippen LogP contribution < -0.4 is 0 Å². The largest absolute Gasteiger partial charge is 0.389 e. The maximum Gasteiger partial charge on any atom is 0.226 e.